The Kier molecular flexibility index (Phi) is 6.78. The molecule has 0 radical (unpaired) electrons. The van der Waals surface area contributed by atoms with Gasteiger partial charge in [0.2, 0.25) is 5.95 Å². The smallest absolute Gasteiger partial charge is 0.227 e. The number of nitrogens with one attached hydrogen (secondary N) is 1. The zero-order chi connectivity index (χ0) is 23.5. The van der Waals surface area contributed by atoms with E-state index in [1.807, 2.05) is 12.3 Å². The molecule has 180 valence electrons. The Bertz CT molecular complexity index is 1120. The molecule has 2 aromatic heterocycles. The van der Waals surface area contributed by atoms with Crippen molar-refractivity contribution in [1.29, 1.82) is 0 Å². The van der Waals surface area contributed by atoms with Gasteiger partial charge in [0.25, 0.3) is 0 Å². The molecule has 0 atom stereocenters. The Morgan fingerprint density at radius 1 is 0.971 bits per heavy atom. The average molecular weight is 462 g/mol. The summed E-state index contributed by atoms with van der Waals surface area (Å²) in [4.78, 5) is 21.6. The number of likely N-dealkylation sites (tertiary alicyclic amines) is 1. The molecule has 0 saturated carbocycles. The normalized spacial score (nSPS) is 18.7. The van der Waals surface area contributed by atoms with Crippen LogP contribution in [0.5, 0.6) is 5.75 Å². The average Bonchev–Trinajstić information content (AvgIpc) is 3.09. The van der Waals surface area contributed by atoms with Crippen molar-refractivity contribution in [2.75, 3.05) is 70.7 Å². The molecule has 2 aliphatic rings. The summed E-state index contributed by atoms with van der Waals surface area (Å²) in [5.41, 5.74) is 2.94. The number of pyridine rings is 1. The maximum atomic E-state index is 5.81. The Balaban J connectivity index is 1.59. The van der Waals surface area contributed by atoms with Crippen molar-refractivity contribution in [2.45, 2.75) is 25.3 Å². The predicted molar refractivity (Wildman–Crippen MR) is 138 cm³/mol. The summed E-state index contributed by atoms with van der Waals surface area (Å²) in [6.07, 6.45) is 6.98. The minimum absolute atomic E-state index is 0.404. The van der Waals surface area contributed by atoms with Crippen molar-refractivity contribution >= 4 is 22.7 Å². The molecular weight excluding hydrogens is 426 g/mol. The third kappa shape index (κ3) is 4.93. The van der Waals surface area contributed by atoms with E-state index in [1.54, 1.807) is 13.3 Å². The molecule has 0 bridgehead atoms. The van der Waals surface area contributed by atoms with Gasteiger partial charge in [-0.2, -0.15) is 4.98 Å². The molecule has 3 aromatic rings. The van der Waals surface area contributed by atoms with Crippen LogP contribution in [0, 0.1) is 0 Å². The zero-order valence-corrected chi connectivity index (χ0v) is 20.5. The SMILES string of the molecule is COc1cc2c(NC3CCN(C)CC3)nc(N3CCCN(C)CC3)nc2cc1-c1cccnc1. The number of hydrogen-bond acceptors (Lipinski definition) is 8. The molecule has 2 fully saturated rings. The van der Waals surface area contributed by atoms with Gasteiger partial charge < -0.3 is 24.8 Å². The number of benzene rings is 1. The van der Waals surface area contributed by atoms with Gasteiger partial charge >= 0.3 is 0 Å². The topological polar surface area (TPSA) is 69.7 Å². The summed E-state index contributed by atoms with van der Waals surface area (Å²) in [6, 6.07) is 8.61. The van der Waals surface area contributed by atoms with E-state index in [4.69, 9.17) is 14.7 Å². The Hall–Kier alpha value is -2.97. The number of aromatic nitrogens is 3. The van der Waals surface area contributed by atoms with E-state index >= 15 is 0 Å². The van der Waals surface area contributed by atoms with Gasteiger partial charge in [0, 0.05) is 54.6 Å². The van der Waals surface area contributed by atoms with Crippen molar-refractivity contribution < 1.29 is 4.74 Å². The van der Waals surface area contributed by atoms with Gasteiger partial charge in [-0.05, 0) is 71.2 Å². The largest absolute Gasteiger partial charge is 0.496 e. The summed E-state index contributed by atoms with van der Waals surface area (Å²) >= 11 is 0. The first-order valence-electron chi connectivity index (χ1n) is 12.3. The fraction of sp³-hybridized carbons (Fsp3) is 0.500. The molecule has 1 aromatic carbocycles. The van der Waals surface area contributed by atoms with Gasteiger partial charge in [-0.1, -0.05) is 6.07 Å². The molecule has 8 nitrogen and oxygen atoms in total. The molecular formula is C26H35N7O. The third-order valence-corrected chi connectivity index (χ3v) is 7.04. The molecule has 0 spiro atoms. The number of likely N-dealkylation sites (N-methyl/N-ethyl adjacent to an activating group) is 1. The highest BCUT2D eigenvalue weighted by molar-refractivity contribution is 5.95. The summed E-state index contributed by atoms with van der Waals surface area (Å²) in [6.45, 7) is 6.22. The number of rotatable bonds is 5. The number of anilines is 2. The molecule has 2 aliphatic heterocycles. The van der Waals surface area contributed by atoms with Crippen LogP contribution in [-0.4, -0.2) is 91.3 Å². The van der Waals surface area contributed by atoms with Crippen LogP contribution in [0.15, 0.2) is 36.7 Å². The first-order valence-corrected chi connectivity index (χ1v) is 12.3. The number of hydrogen-bond donors (Lipinski definition) is 1. The second kappa shape index (κ2) is 10.1. The minimum atomic E-state index is 0.404. The monoisotopic (exact) mass is 461 g/mol. The maximum Gasteiger partial charge on any atom is 0.227 e. The number of methoxy groups -OCH3 is 1. The van der Waals surface area contributed by atoms with Gasteiger partial charge in [0.15, 0.2) is 0 Å². The second-order valence-electron chi connectivity index (χ2n) is 9.55. The van der Waals surface area contributed by atoms with Gasteiger partial charge in [0.1, 0.15) is 11.6 Å². The van der Waals surface area contributed by atoms with Gasteiger partial charge in [-0.25, -0.2) is 4.98 Å². The van der Waals surface area contributed by atoms with E-state index in [-0.39, 0.29) is 0 Å². The summed E-state index contributed by atoms with van der Waals surface area (Å²) in [7, 11) is 6.09. The molecule has 0 aliphatic carbocycles. The molecule has 2 saturated heterocycles. The molecule has 1 N–H and O–H groups in total. The van der Waals surface area contributed by atoms with Crippen LogP contribution in [0.25, 0.3) is 22.0 Å². The van der Waals surface area contributed by atoms with Crippen molar-refractivity contribution in [3.05, 3.63) is 36.7 Å². The molecule has 8 heteroatoms. The van der Waals surface area contributed by atoms with Crippen molar-refractivity contribution in [3.8, 4) is 16.9 Å². The summed E-state index contributed by atoms with van der Waals surface area (Å²) in [5, 5.41) is 4.78. The van der Waals surface area contributed by atoms with Crippen LogP contribution in [-0.2, 0) is 0 Å². The molecule has 0 unspecified atom stereocenters. The minimum Gasteiger partial charge on any atom is -0.496 e. The number of ether oxygens (including phenoxy) is 1. The first kappa shape index (κ1) is 22.8. The zero-order valence-electron chi connectivity index (χ0n) is 20.5. The van der Waals surface area contributed by atoms with E-state index < -0.39 is 0 Å². The summed E-state index contributed by atoms with van der Waals surface area (Å²) in [5.74, 6) is 2.52. The highest BCUT2D eigenvalue weighted by Crippen LogP contribution is 2.36. The van der Waals surface area contributed by atoms with E-state index in [0.29, 0.717) is 6.04 Å². The molecule has 0 amide bonds. The highest BCUT2D eigenvalue weighted by atomic mass is 16.5. The lowest BCUT2D eigenvalue weighted by atomic mass is 10.0. The lowest BCUT2D eigenvalue weighted by Gasteiger charge is -2.30. The molecule has 5 rings (SSSR count). The van der Waals surface area contributed by atoms with Crippen molar-refractivity contribution in [3.63, 3.8) is 0 Å². The van der Waals surface area contributed by atoms with Gasteiger partial charge in [-0.3, -0.25) is 4.98 Å². The summed E-state index contributed by atoms with van der Waals surface area (Å²) < 4.78 is 5.81. The van der Waals surface area contributed by atoms with Crippen LogP contribution in [0.2, 0.25) is 0 Å². The lowest BCUT2D eigenvalue weighted by Crippen LogP contribution is -2.37. The van der Waals surface area contributed by atoms with Crippen molar-refractivity contribution in [1.82, 2.24) is 24.8 Å². The van der Waals surface area contributed by atoms with Gasteiger partial charge in [-0.15, -0.1) is 0 Å². The standard InChI is InChI=1S/C26H35N7O/c1-31-10-5-11-33(15-14-31)26-29-23-16-21(19-6-4-9-27-18-19)24(34-3)17-22(23)25(30-26)28-20-7-12-32(2)13-8-20/h4,6,9,16-18,20H,5,7-8,10-15H2,1-3H3,(H,28,29,30). The fourth-order valence-electron chi connectivity index (χ4n) is 4.90. The third-order valence-electron chi connectivity index (χ3n) is 7.04. The van der Waals surface area contributed by atoms with Crippen LogP contribution >= 0.6 is 0 Å². The predicted octanol–water partition coefficient (Wildman–Crippen LogP) is 3.35. The van der Waals surface area contributed by atoms with Gasteiger partial charge in [0.05, 0.1) is 12.6 Å². The maximum absolute atomic E-state index is 5.81. The van der Waals surface area contributed by atoms with Crippen LogP contribution < -0.4 is 15.0 Å². The molecule has 4 heterocycles. The fourth-order valence-corrected chi connectivity index (χ4v) is 4.90. The number of fused-ring (bicyclic) bond motifs is 1. The second-order valence-corrected chi connectivity index (χ2v) is 9.55. The van der Waals surface area contributed by atoms with Crippen LogP contribution in [0.1, 0.15) is 19.3 Å². The van der Waals surface area contributed by atoms with E-state index in [1.165, 1.54) is 0 Å². The lowest BCUT2D eigenvalue weighted by molar-refractivity contribution is 0.264. The number of nitrogens with zero attached hydrogens (tertiary/aromatic N) is 6. The highest BCUT2D eigenvalue weighted by Gasteiger charge is 2.22. The van der Waals surface area contributed by atoms with E-state index in [9.17, 15) is 0 Å². The van der Waals surface area contributed by atoms with Crippen LogP contribution in [0.3, 0.4) is 0 Å². The van der Waals surface area contributed by atoms with E-state index in [0.717, 1.165) is 98.1 Å². The Labute approximate surface area is 202 Å². The Morgan fingerprint density at radius 3 is 2.56 bits per heavy atom. The van der Waals surface area contributed by atoms with Crippen molar-refractivity contribution in [2.24, 2.45) is 0 Å². The van der Waals surface area contributed by atoms with Crippen LogP contribution in [0.4, 0.5) is 11.8 Å². The number of piperidine rings is 1. The van der Waals surface area contributed by atoms with E-state index in [2.05, 4.69) is 57.3 Å². The molecule has 34 heavy (non-hydrogen) atoms. The quantitative estimate of drug-likeness (QED) is 0.620. The Morgan fingerprint density at radius 2 is 1.79 bits per heavy atom. The first-order chi connectivity index (χ1) is 16.6.